The average molecular weight is 509 g/mol. The van der Waals surface area contributed by atoms with Crippen LogP contribution in [0.3, 0.4) is 0 Å². The predicted octanol–water partition coefficient (Wildman–Crippen LogP) is 6.81. The molecule has 0 aliphatic carbocycles. The monoisotopic (exact) mass is 509 g/mol. The Labute approximate surface area is 208 Å². The normalized spacial score (nSPS) is 14.8. The third-order valence-electron chi connectivity index (χ3n) is 6.53. The Bertz CT molecular complexity index is 1630. The summed E-state index contributed by atoms with van der Waals surface area (Å²) >= 11 is 0. The molecule has 0 bridgehead atoms. The second kappa shape index (κ2) is 8.99. The second-order valence-corrected chi connectivity index (χ2v) is 8.82. The molecule has 0 atom stereocenters. The number of hydrogen-bond donors (Lipinski definition) is 0. The van der Waals surface area contributed by atoms with Crippen LogP contribution in [0.25, 0.3) is 17.0 Å². The van der Waals surface area contributed by atoms with Crippen molar-refractivity contribution < 1.29 is 26.7 Å². The molecule has 4 nitrogen and oxygen atoms in total. The van der Waals surface area contributed by atoms with Crippen LogP contribution >= 0.6 is 0 Å². The van der Waals surface area contributed by atoms with Gasteiger partial charge in [0.25, 0.3) is 5.91 Å². The van der Waals surface area contributed by atoms with Gasteiger partial charge in [-0.1, -0.05) is 48.5 Å². The standard InChI is InChI=1S/C28H20F5N3O/c1-14-8-7-11-18-20(16(3)35(26(14)18)13-17-9-5-4-6-10-17)12-19-15(2)34-36(28(19)37)27-24(32)22(30)21(29)23(31)25(27)33/h4-12H,13H2,1-3H3/b19-12+. The van der Waals surface area contributed by atoms with E-state index < -0.39 is 40.7 Å². The van der Waals surface area contributed by atoms with Crippen molar-refractivity contribution in [3.63, 3.8) is 0 Å². The first-order valence-electron chi connectivity index (χ1n) is 11.4. The lowest BCUT2D eigenvalue weighted by molar-refractivity contribution is -0.114. The highest BCUT2D eigenvalue weighted by atomic mass is 19.2. The van der Waals surface area contributed by atoms with E-state index in [4.69, 9.17) is 0 Å². The van der Waals surface area contributed by atoms with Crippen LogP contribution in [0.15, 0.2) is 59.2 Å². The quantitative estimate of drug-likeness (QED) is 0.129. The van der Waals surface area contributed by atoms with Crippen LogP contribution in [0.4, 0.5) is 27.6 Å². The van der Waals surface area contributed by atoms with Crippen LogP contribution in [0.1, 0.15) is 29.3 Å². The van der Waals surface area contributed by atoms with E-state index in [1.165, 1.54) is 6.92 Å². The van der Waals surface area contributed by atoms with Crippen molar-refractivity contribution in [2.45, 2.75) is 27.3 Å². The lowest BCUT2D eigenvalue weighted by Crippen LogP contribution is -2.25. The van der Waals surface area contributed by atoms with Gasteiger partial charge in [0, 0.05) is 23.2 Å². The Morgan fingerprint density at radius 2 is 1.43 bits per heavy atom. The number of nitrogens with zero attached hydrogens (tertiary/aromatic N) is 3. The van der Waals surface area contributed by atoms with Crippen molar-refractivity contribution in [1.82, 2.24) is 4.57 Å². The topological polar surface area (TPSA) is 37.6 Å². The molecule has 0 unspecified atom stereocenters. The number of anilines is 1. The Balaban J connectivity index is 1.65. The summed E-state index contributed by atoms with van der Waals surface area (Å²) in [5, 5.41) is 4.91. The summed E-state index contributed by atoms with van der Waals surface area (Å²) in [5.41, 5.74) is 3.18. The number of carbonyl (C=O) groups excluding carboxylic acids is 1. The highest BCUT2D eigenvalue weighted by molar-refractivity contribution is 6.32. The molecule has 9 heteroatoms. The Kier molecular flexibility index (Phi) is 5.94. The molecule has 5 rings (SSSR count). The number of rotatable bonds is 4. The molecular formula is C28H20F5N3O. The molecule has 188 valence electrons. The third-order valence-corrected chi connectivity index (χ3v) is 6.53. The molecule has 0 fully saturated rings. The van der Waals surface area contributed by atoms with E-state index in [2.05, 4.69) is 9.67 Å². The first-order valence-corrected chi connectivity index (χ1v) is 11.4. The van der Waals surface area contributed by atoms with E-state index in [9.17, 15) is 26.7 Å². The summed E-state index contributed by atoms with van der Waals surface area (Å²) < 4.78 is 72.1. The number of halogens is 5. The Morgan fingerprint density at radius 3 is 2.08 bits per heavy atom. The van der Waals surface area contributed by atoms with E-state index in [1.807, 2.05) is 62.4 Å². The predicted molar refractivity (Wildman–Crippen MR) is 132 cm³/mol. The molecule has 3 aromatic carbocycles. The Morgan fingerprint density at radius 1 is 0.811 bits per heavy atom. The van der Waals surface area contributed by atoms with Crippen LogP contribution in [-0.4, -0.2) is 16.2 Å². The molecule has 0 N–H and O–H groups in total. The van der Waals surface area contributed by atoms with Crippen molar-refractivity contribution in [2.75, 3.05) is 5.01 Å². The minimum absolute atomic E-state index is 0.0210. The van der Waals surface area contributed by atoms with Crippen molar-refractivity contribution in [1.29, 1.82) is 0 Å². The number of amides is 1. The number of aromatic nitrogens is 1. The molecule has 1 aromatic heterocycles. The number of hydrogen-bond acceptors (Lipinski definition) is 2. The van der Waals surface area contributed by atoms with E-state index in [-0.39, 0.29) is 16.3 Å². The van der Waals surface area contributed by atoms with Crippen LogP contribution in [0.5, 0.6) is 0 Å². The maximum Gasteiger partial charge on any atom is 0.280 e. The van der Waals surface area contributed by atoms with Gasteiger partial charge in [-0.05, 0) is 38.0 Å². The third kappa shape index (κ3) is 3.82. The molecule has 1 aliphatic rings. The fourth-order valence-corrected chi connectivity index (χ4v) is 4.65. The summed E-state index contributed by atoms with van der Waals surface area (Å²) in [6.45, 7) is 5.86. The molecule has 4 aromatic rings. The first-order chi connectivity index (χ1) is 17.6. The number of hydrazone groups is 1. The van der Waals surface area contributed by atoms with E-state index in [1.54, 1.807) is 6.08 Å². The molecule has 0 spiro atoms. The molecule has 0 radical (unpaired) electrons. The maximum atomic E-state index is 14.4. The van der Waals surface area contributed by atoms with Gasteiger partial charge in [0.2, 0.25) is 5.82 Å². The largest absolute Gasteiger partial charge is 0.340 e. The average Bonchev–Trinajstić information content (AvgIpc) is 3.31. The van der Waals surface area contributed by atoms with E-state index in [0.717, 1.165) is 27.7 Å². The van der Waals surface area contributed by atoms with Gasteiger partial charge in [-0.3, -0.25) is 4.79 Å². The van der Waals surface area contributed by atoms with E-state index >= 15 is 0 Å². The highest BCUT2D eigenvalue weighted by Gasteiger charge is 2.37. The van der Waals surface area contributed by atoms with Crippen LogP contribution in [-0.2, 0) is 11.3 Å². The maximum absolute atomic E-state index is 14.4. The molecule has 0 saturated carbocycles. The fourth-order valence-electron chi connectivity index (χ4n) is 4.65. The smallest absolute Gasteiger partial charge is 0.280 e. The number of carbonyl (C=O) groups is 1. The zero-order valence-electron chi connectivity index (χ0n) is 20.0. The number of fused-ring (bicyclic) bond motifs is 1. The van der Waals surface area contributed by atoms with Crippen molar-refractivity contribution >= 4 is 34.3 Å². The van der Waals surface area contributed by atoms with Gasteiger partial charge >= 0.3 is 0 Å². The van der Waals surface area contributed by atoms with Gasteiger partial charge in [0.15, 0.2) is 23.3 Å². The lowest BCUT2D eigenvalue weighted by Gasteiger charge is -2.15. The summed E-state index contributed by atoms with van der Waals surface area (Å²) in [6.07, 6.45) is 1.55. The molecule has 0 saturated heterocycles. The fraction of sp³-hybridized carbons (Fsp3) is 0.143. The van der Waals surface area contributed by atoms with Gasteiger partial charge in [0.05, 0.1) is 16.8 Å². The van der Waals surface area contributed by atoms with Gasteiger partial charge < -0.3 is 4.57 Å². The van der Waals surface area contributed by atoms with Crippen molar-refractivity contribution in [2.24, 2.45) is 5.10 Å². The van der Waals surface area contributed by atoms with Crippen molar-refractivity contribution in [3.05, 3.63) is 106 Å². The summed E-state index contributed by atoms with van der Waals surface area (Å²) in [4.78, 5) is 13.2. The highest BCUT2D eigenvalue weighted by Crippen LogP contribution is 2.36. The number of aryl methyl sites for hydroxylation is 1. The summed E-state index contributed by atoms with van der Waals surface area (Å²) in [7, 11) is 0. The van der Waals surface area contributed by atoms with E-state index in [0.29, 0.717) is 12.1 Å². The van der Waals surface area contributed by atoms with Crippen LogP contribution in [0.2, 0.25) is 0 Å². The summed E-state index contributed by atoms with van der Waals surface area (Å²) in [6, 6.07) is 15.6. The van der Waals surface area contributed by atoms with Crippen LogP contribution in [0, 0.1) is 42.9 Å². The minimum Gasteiger partial charge on any atom is -0.340 e. The molecule has 37 heavy (non-hydrogen) atoms. The SMILES string of the molecule is CC1=NN(c2c(F)c(F)c(F)c(F)c2F)C(=O)/C1=C/c1c(C)n(Cc2ccccc2)c2c(C)cccc12. The van der Waals surface area contributed by atoms with Gasteiger partial charge in [-0.2, -0.15) is 10.1 Å². The zero-order valence-corrected chi connectivity index (χ0v) is 20.0. The molecule has 1 aliphatic heterocycles. The van der Waals surface area contributed by atoms with Crippen molar-refractivity contribution in [3.8, 4) is 0 Å². The van der Waals surface area contributed by atoms with Gasteiger partial charge in [-0.15, -0.1) is 0 Å². The molecule has 2 heterocycles. The molecular weight excluding hydrogens is 489 g/mol. The zero-order chi connectivity index (χ0) is 26.6. The lowest BCUT2D eigenvalue weighted by atomic mass is 10.0. The minimum atomic E-state index is -2.31. The Hall–Kier alpha value is -4.27. The first kappa shape index (κ1) is 24.4. The van der Waals surface area contributed by atoms with Crippen LogP contribution < -0.4 is 5.01 Å². The molecule has 1 amide bonds. The van der Waals surface area contributed by atoms with Gasteiger partial charge in [-0.25, -0.2) is 22.0 Å². The number of benzene rings is 3. The van der Waals surface area contributed by atoms with Gasteiger partial charge in [0.1, 0.15) is 5.69 Å². The number of para-hydroxylation sites is 1. The summed E-state index contributed by atoms with van der Waals surface area (Å²) in [5.74, 6) is -11.9. The second-order valence-electron chi connectivity index (χ2n) is 8.82.